The summed E-state index contributed by atoms with van der Waals surface area (Å²) in [5.41, 5.74) is 0. The third-order valence-electron chi connectivity index (χ3n) is 1.19. The molecule has 0 N–H and O–H groups in total. The summed E-state index contributed by atoms with van der Waals surface area (Å²) in [4.78, 5) is 10.1. The summed E-state index contributed by atoms with van der Waals surface area (Å²) in [5, 5.41) is -2.60. The highest BCUT2D eigenvalue weighted by molar-refractivity contribution is 8.45. The van der Waals surface area contributed by atoms with Crippen molar-refractivity contribution in [1.29, 1.82) is 0 Å². The van der Waals surface area contributed by atoms with Crippen LogP contribution in [0.2, 0.25) is 0 Å². The van der Waals surface area contributed by atoms with Gasteiger partial charge in [-0.15, -0.1) is 0 Å². The highest BCUT2D eigenvalue weighted by Gasteiger charge is 2.70. The van der Waals surface area contributed by atoms with E-state index in [2.05, 4.69) is 4.74 Å². The zero-order valence-electron chi connectivity index (χ0n) is 5.91. The number of alkyl halides is 1. The monoisotopic (exact) mass is 246 g/mol. The molecule has 0 saturated carbocycles. The van der Waals surface area contributed by atoms with Gasteiger partial charge in [0, 0.05) is 0 Å². The van der Waals surface area contributed by atoms with Crippen molar-refractivity contribution in [1.82, 2.24) is 0 Å². The Labute approximate surface area is 74.7 Å². The molecule has 0 aromatic carbocycles. The van der Waals surface area contributed by atoms with Gasteiger partial charge in [0.2, 0.25) is 5.06 Å². The Morgan fingerprint density at radius 1 is 1.38 bits per heavy atom. The Kier molecular flexibility index (Phi) is 1.59. The summed E-state index contributed by atoms with van der Waals surface area (Å²) in [6.45, 7) is 0. The van der Waals surface area contributed by atoms with Crippen LogP contribution in [-0.4, -0.2) is 16.8 Å². The van der Waals surface area contributed by atoms with Gasteiger partial charge in [0.1, 0.15) is 12.2 Å². The highest BCUT2D eigenvalue weighted by atomic mass is 35.5. The van der Waals surface area contributed by atoms with E-state index in [-0.39, 0.29) is 0 Å². The summed E-state index contributed by atoms with van der Waals surface area (Å²) in [7, 11) is -9.59. The number of ether oxygens (including phenoxy) is 1. The Hall–Kier alpha value is -0.240. The number of rotatable bonds is 2. The molecule has 0 unspecified atom stereocenters. The molecule has 0 amide bonds. The van der Waals surface area contributed by atoms with Gasteiger partial charge in [-0.25, -0.2) is 0 Å². The molecule has 0 aromatic rings. The molecule has 9 heteroatoms. The van der Waals surface area contributed by atoms with Crippen LogP contribution in [0, 0.1) is 0 Å². The predicted molar refractivity (Wildman–Crippen MR) is 37.3 cm³/mol. The fourth-order valence-electron chi connectivity index (χ4n) is 0.899. The highest BCUT2D eigenvalue weighted by Crippen LogP contribution is 2.98. The van der Waals surface area contributed by atoms with Crippen molar-refractivity contribution in [2.45, 2.75) is 11.5 Å². The van der Waals surface area contributed by atoms with Gasteiger partial charge in [-0.3, -0.25) is 4.79 Å². The molecule has 0 spiro atoms. The van der Waals surface area contributed by atoms with Crippen LogP contribution in [0.15, 0.2) is 0 Å². The van der Waals surface area contributed by atoms with E-state index < -0.39 is 33.4 Å². The summed E-state index contributed by atoms with van der Waals surface area (Å²) in [6, 6.07) is 0. The van der Waals surface area contributed by atoms with E-state index in [0.29, 0.717) is 0 Å². The lowest BCUT2D eigenvalue weighted by Gasteiger charge is -2.47. The van der Waals surface area contributed by atoms with Crippen LogP contribution in [-0.2, 0) is 9.53 Å². The largest absolute Gasteiger partial charge is 0.441 e. The van der Waals surface area contributed by atoms with E-state index >= 15 is 0 Å². The zero-order chi connectivity index (χ0) is 10.6. The van der Waals surface area contributed by atoms with Gasteiger partial charge in [-0.1, -0.05) is 31.0 Å². The maximum Gasteiger partial charge on any atom is 0.313 e. The maximum atomic E-state index is 11.8. The van der Waals surface area contributed by atoms with Gasteiger partial charge in [0.25, 0.3) is 10.2 Å². The fourth-order valence-corrected chi connectivity index (χ4v) is 2.69. The molecule has 2 nitrogen and oxygen atoms in total. The molecule has 0 bridgehead atoms. The molecule has 1 heterocycles. The first-order valence-electron chi connectivity index (χ1n) is 2.92. The van der Waals surface area contributed by atoms with Crippen LogP contribution in [0.25, 0.3) is 0 Å². The summed E-state index contributed by atoms with van der Waals surface area (Å²) in [5.74, 6) is -3.59. The van der Waals surface area contributed by atoms with E-state index in [1.54, 1.807) is 0 Å². The molecule has 1 fully saturated rings. The van der Waals surface area contributed by atoms with Crippen LogP contribution in [0.4, 0.5) is 19.4 Å². The maximum absolute atomic E-state index is 11.8. The van der Waals surface area contributed by atoms with Crippen molar-refractivity contribution in [2.24, 2.45) is 0 Å². The van der Waals surface area contributed by atoms with Crippen molar-refractivity contribution >= 4 is 27.8 Å². The number of esters is 1. The minimum Gasteiger partial charge on any atom is -0.441 e. The van der Waals surface area contributed by atoms with Gasteiger partial charge in [0.15, 0.2) is 0 Å². The van der Waals surface area contributed by atoms with Crippen LogP contribution in [0.1, 0.15) is 6.42 Å². The minimum atomic E-state index is -9.59. The lowest BCUT2D eigenvalue weighted by Crippen LogP contribution is -2.48. The first-order valence-corrected chi connectivity index (χ1v) is 5.42. The van der Waals surface area contributed by atoms with Crippen molar-refractivity contribution in [2.75, 3.05) is 5.75 Å². The Balaban J connectivity index is 2.77. The number of carbonyl (C=O) groups is 1. The van der Waals surface area contributed by atoms with Crippen molar-refractivity contribution in [3.63, 3.8) is 0 Å². The predicted octanol–water partition coefficient (Wildman–Crippen LogP) is 3.17. The molecule has 1 saturated heterocycles. The smallest absolute Gasteiger partial charge is 0.313 e. The number of hydrogen-bond acceptors (Lipinski definition) is 2. The average molecular weight is 247 g/mol. The molecular weight excluding hydrogens is 243 g/mol. The SMILES string of the molecule is O=C1C[C@](Cl)(CS(F)(F)(F)(F)F)O1. The van der Waals surface area contributed by atoms with Crippen LogP contribution < -0.4 is 0 Å². The van der Waals surface area contributed by atoms with E-state index in [4.69, 9.17) is 11.6 Å². The Bertz CT molecular complexity index is 262. The standard InChI is InChI=1S/C4H4ClF5O2S/c5-4(1-3(11)12-4)2-13(6,7,8,9)10/h1-2H2/t4-/m1/s1. The van der Waals surface area contributed by atoms with Gasteiger partial charge in [-0.2, -0.15) is 0 Å². The molecule has 0 aromatic heterocycles. The van der Waals surface area contributed by atoms with Crippen LogP contribution in [0.3, 0.4) is 0 Å². The topological polar surface area (TPSA) is 26.3 Å². The third kappa shape index (κ3) is 3.55. The van der Waals surface area contributed by atoms with E-state index in [9.17, 15) is 24.2 Å². The fraction of sp³-hybridized carbons (Fsp3) is 0.750. The summed E-state index contributed by atoms with van der Waals surface area (Å²) in [6.07, 6.45) is -0.847. The Morgan fingerprint density at radius 3 is 2.00 bits per heavy atom. The van der Waals surface area contributed by atoms with Gasteiger partial charge in [-0.05, 0) is 0 Å². The molecule has 80 valence electrons. The van der Waals surface area contributed by atoms with Gasteiger partial charge >= 0.3 is 5.97 Å². The normalized spacial score (nSPS) is 34.2. The van der Waals surface area contributed by atoms with Crippen molar-refractivity contribution in [3.05, 3.63) is 0 Å². The Morgan fingerprint density at radius 2 is 1.77 bits per heavy atom. The second-order valence-corrected chi connectivity index (χ2v) is 6.04. The number of carbonyl (C=O) groups excluding carboxylic acids is 1. The van der Waals surface area contributed by atoms with E-state index in [1.807, 2.05) is 0 Å². The van der Waals surface area contributed by atoms with Crippen molar-refractivity contribution in [3.8, 4) is 0 Å². The third-order valence-corrected chi connectivity index (χ3v) is 2.71. The second-order valence-electron chi connectivity index (χ2n) is 2.81. The first kappa shape index (κ1) is 10.8. The van der Waals surface area contributed by atoms with Crippen LogP contribution in [0.5, 0.6) is 0 Å². The van der Waals surface area contributed by atoms with E-state index in [0.717, 1.165) is 0 Å². The second kappa shape index (κ2) is 1.90. The van der Waals surface area contributed by atoms with Crippen molar-refractivity contribution < 1.29 is 29.0 Å². The molecule has 1 aliphatic rings. The molecule has 0 aliphatic carbocycles. The molecule has 1 atom stereocenters. The lowest BCUT2D eigenvalue weighted by molar-refractivity contribution is -0.173. The average Bonchev–Trinajstić information content (AvgIpc) is 1.47. The molecule has 0 radical (unpaired) electrons. The summed E-state index contributed by atoms with van der Waals surface area (Å²) >= 11 is 4.95. The number of halogens is 6. The number of hydrogen-bond donors (Lipinski definition) is 0. The quantitative estimate of drug-likeness (QED) is 0.425. The van der Waals surface area contributed by atoms with E-state index in [1.165, 1.54) is 0 Å². The molecule has 1 aliphatic heterocycles. The summed E-state index contributed by atoms with van der Waals surface area (Å²) < 4.78 is 62.7. The van der Waals surface area contributed by atoms with Gasteiger partial charge < -0.3 is 4.74 Å². The molecular formula is C4H4ClF5O2S. The van der Waals surface area contributed by atoms with Crippen LogP contribution >= 0.6 is 21.8 Å². The van der Waals surface area contributed by atoms with Gasteiger partial charge in [0.05, 0.1) is 0 Å². The minimum absolute atomic E-state index is 0.847. The number of cyclic esters (lactones) is 1. The first-order chi connectivity index (χ1) is 5.28. The molecule has 13 heavy (non-hydrogen) atoms. The lowest BCUT2D eigenvalue weighted by atomic mass is 10.2. The zero-order valence-corrected chi connectivity index (χ0v) is 7.48. The molecule has 1 rings (SSSR count).